The fourth-order valence-corrected chi connectivity index (χ4v) is 8.20. The molecule has 2 aliphatic carbocycles. The molecule has 3 fully saturated rings. The molecule has 1 aliphatic heterocycles. The zero-order chi connectivity index (χ0) is 31.4. The van der Waals surface area contributed by atoms with Crippen LogP contribution < -0.4 is 5.32 Å². The van der Waals surface area contributed by atoms with Gasteiger partial charge < -0.3 is 19.5 Å². The fourth-order valence-electron chi connectivity index (χ4n) is 5.86. The number of nitrogens with one attached hydrogen (secondary N) is 1. The number of halogens is 2. The lowest BCUT2D eigenvalue weighted by atomic mass is 9.94. The minimum absolute atomic E-state index is 0.0374. The number of hydrogen-bond acceptors (Lipinski definition) is 7. The monoisotopic (exact) mass is 655 g/mol. The number of sulfone groups is 1. The molecule has 10 nitrogen and oxygen atoms in total. The highest BCUT2D eigenvalue weighted by Crippen LogP contribution is 2.51. The third-order valence-corrected chi connectivity index (χ3v) is 11.6. The summed E-state index contributed by atoms with van der Waals surface area (Å²) < 4.78 is 35.6. The van der Waals surface area contributed by atoms with Crippen molar-refractivity contribution in [1.29, 1.82) is 5.26 Å². The predicted octanol–water partition coefficient (Wildman–Crippen LogP) is 5.52. The number of carbonyl (C=O) groups excluding carboxylic acids is 2. The van der Waals surface area contributed by atoms with Crippen molar-refractivity contribution >= 4 is 45.0 Å². The second-order valence-electron chi connectivity index (χ2n) is 12.1. The van der Waals surface area contributed by atoms with Gasteiger partial charge in [0.25, 0.3) is 0 Å². The van der Waals surface area contributed by atoms with Gasteiger partial charge in [-0.3, -0.25) is 4.79 Å². The molecule has 0 spiro atoms. The lowest BCUT2D eigenvalue weighted by molar-refractivity contribution is -0.140. The van der Waals surface area contributed by atoms with Crippen molar-refractivity contribution in [2.24, 2.45) is 0 Å². The Morgan fingerprint density at radius 2 is 1.82 bits per heavy atom. The predicted molar refractivity (Wildman–Crippen MR) is 163 cm³/mol. The fraction of sp³-hybridized carbons (Fsp3) is 0.419. The Morgan fingerprint density at radius 3 is 2.41 bits per heavy atom. The summed E-state index contributed by atoms with van der Waals surface area (Å²) in [5.74, 6) is 0.618. The maximum absolute atomic E-state index is 14.1. The van der Waals surface area contributed by atoms with Crippen LogP contribution in [0.25, 0.3) is 5.69 Å². The quantitative estimate of drug-likeness (QED) is 0.338. The first kappa shape index (κ1) is 30.4. The van der Waals surface area contributed by atoms with E-state index in [2.05, 4.69) is 16.4 Å². The van der Waals surface area contributed by atoms with Gasteiger partial charge in [-0.15, -0.1) is 0 Å². The molecule has 2 saturated carbocycles. The number of ether oxygens (including phenoxy) is 1. The topological polar surface area (TPSA) is 134 Å². The average Bonchev–Trinajstić information content (AvgIpc) is 3.85. The van der Waals surface area contributed by atoms with Gasteiger partial charge in [-0.25, -0.2) is 18.2 Å². The van der Waals surface area contributed by atoms with Crippen LogP contribution in [0, 0.1) is 11.3 Å². The van der Waals surface area contributed by atoms with Crippen LogP contribution in [0.1, 0.15) is 63.3 Å². The average molecular weight is 657 g/mol. The maximum Gasteiger partial charge on any atom is 0.410 e. The zero-order valence-electron chi connectivity index (χ0n) is 24.2. The summed E-state index contributed by atoms with van der Waals surface area (Å²) in [4.78, 5) is 32.6. The molecule has 13 heteroatoms. The van der Waals surface area contributed by atoms with Crippen LogP contribution in [0.4, 0.5) is 4.79 Å². The first-order chi connectivity index (χ1) is 20.9. The van der Waals surface area contributed by atoms with Crippen LogP contribution in [-0.4, -0.2) is 58.4 Å². The zero-order valence-corrected chi connectivity index (χ0v) is 26.5. The minimum atomic E-state index is -4.07. The van der Waals surface area contributed by atoms with Gasteiger partial charge in [-0.2, -0.15) is 5.26 Å². The summed E-state index contributed by atoms with van der Waals surface area (Å²) in [6, 6.07) is 13.8. The summed E-state index contributed by atoms with van der Waals surface area (Å²) in [6.07, 6.45) is 3.42. The highest BCUT2D eigenvalue weighted by molar-refractivity contribution is 7.92. The van der Waals surface area contributed by atoms with E-state index in [-0.39, 0.29) is 34.7 Å². The smallest absolute Gasteiger partial charge is 0.410 e. The molecule has 2 amide bonds. The maximum atomic E-state index is 14.1. The van der Waals surface area contributed by atoms with Crippen LogP contribution >= 0.6 is 23.2 Å². The second-order valence-corrected chi connectivity index (χ2v) is 15.1. The molecular weight excluding hydrogens is 625 g/mol. The van der Waals surface area contributed by atoms with E-state index >= 15 is 0 Å². The number of benzene rings is 2. The Bertz CT molecular complexity index is 1780. The summed E-state index contributed by atoms with van der Waals surface area (Å²) in [6.45, 7) is 3.83. The highest BCUT2D eigenvalue weighted by atomic mass is 35.5. The van der Waals surface area contributed by atoms with Gasteiger partial charge in [-0.1, -0.05) is 49.2 Å². The van der Waals surface area contributed by atoms with Gasteiger partial charge in [-0.05, 0) is 61.6 Å². The molecule has 230 valence electrons. The third kappa shape index (κ3) is 5.44. The molecule has 2 atom stereocenters. The van der Waals surface area contributed by atoms with Crippen molar-refractivity contribution in [3.05, 3.63) is 76.3 Å². The van der Waals surface area contributed by atoms with Crippen molar-refractivity contribution in [1.82, 2.24) is 19.8 Å². The number of nitriles is 1. The molecule has 3 aromatic rings. The van der Waals surface area contributed by atoms with Crippen LogP contribution in [0.3, 0.4) is 0 Å². The van der Waals surface area contributed by atoms with Crippen molar-refractivity contribution in [3.63, 3.8) is 0 Å². The molecule has 0 unspecified atom stereocenters. The van der Waals surface area contributed by atoms with E-state index in [1.807, 2.05) is 18.4 Å². The molecule has 2 aromatic carbocycles. The van der Waals surface area contributed by atoms with E-state index in [0.29, 0.717) is 36.4 Å². The lowest BCUT2D eigenvalue weighted by Crippen LogP contribution is -2.46. The van der Waals surface area contributed by atoms with E-state index in [9.17, 15) is 23.3 Å². The molecule has 2 heterocycles. The Morgan fingerprint density at radius 1 is 1.11 bits per heavy atom. The molecule has 1 aromatic heterocycles. The molecule has 6 rings (SSSR count). The number of aromatic nitrogens is 2. The van der Waals surface area contributed by atoms with E-state index in [1.165, 1.54) is 11.0 Å². The molecule has 1 N–H and O–H groups in total. The van der Waals surface area contributed by atoms with Crippen LogP contribution in [-0.2, 0) is 24.8 Å². The summed E-state index contributed by atoms with van der Waals surface area (Å²) in [7, 11) is -4.07. The number of rotatable bonds is 8. The second kappa shape index (κ2) is 11.1. The number of hydrogen-bond donors (Lipinski definition) is 1. The number of imidazole rings is 1. The van der Waals surface area contributed by atoms with Crippen molar-refractivity contribution in [3.8, 4) is 11.8 Å². The van der Waals surface area contributed by atoms with Crippen LogP contribution in [0.2, 0.25) is 10.0 Å². The first-order valence-electron chi connectivity index (χ1n) is 14.4. The normalized spacial score (nSPS) is 21.5. The Balaban J connectivity index is 1.29. The van der Waals surface area contributed by atoms with Crippen molar-refractivity contribution < 1.29 is 22.7 Å². The third-order valence-electron chi connectivity index (χ3n) is 8.70. The molecular formula is C31H31Cl2N5O5S. The minimum Gasteiger partial charge on any atom is -0.425 e. The number of alkyl carbamates (subject to hydrolysis) is 1. The van der Waals surface area contributed by atoms with Crippen molar-refractivity contribution in [2.45, 2.75) is 79.2 Å². The van der Waals surface area contributed by atoms with Crippen molar-refractivity contribution in [2.75, 3.05) is 6.54 Å². The van der Waals surface area contributed by atoms with Gasteiger partial charge in [0.15, 0.2) is 16.1 Å². The number of amides is 2. The Kier molecular flexibility index (Phi) is 7.67. The Labute approximate surface area is 265 Å². The summed E-state index contributed by atoms with van der Waals surface area (Å²) in [5, 5.41) is 11.5. The number of nitrogens with zero attached hydrogens (tertiary/aromatic N) is 4. The molecule has 3 aliphatic rings. The van der Waals surface area contributed by atoms with Gasteiger partial charge in [0.1, 0.15) is 11.4 Å². The van der Waals surface area contributed by atoms with Gasteiger partial charge in [0, 0.05) is 42.0 Å². The molecule has 0 bridgehead atoms. The molecule has 44 heavy (non-hydrogen) atoms. The largest absolute Gasteiger partial charge is 0.425 e. The highest BCUT2D eigenvalue weighted by Gasteiger charge is 2.57. The first-order valence-corrected chi connectivity index (χ1v) is 16.7. The van der Waals surface area contributed by atoms with E-state index in [0.717, 1.165) is 11.4 Å². The van der Waals surface area contributed by atoms with E-state index in [4.69, 9.17) is 27.9 Å². The van der Waals surface area contributed by atoms with Gasteiger partial charge in [0.05, 0.1) is 26.7 Å². The van der Waals surface area contributed by atoms with Crippen LogP contribution in [0.5, 0.6) is 0 Å². The van der Waals surface area contributed by atoms with Gasteiger partial charge in [0.2, 0.25) is 5.91 Å². The summed E-state index contributed by atoms with van der Waals surface area (Å²) in [5.41, 5.74) is -0.413. The van der Waals surface area contributed by atoms with E-state index in [1.54, 1.807) is 48.8 Å². The molecule has 0 radical (unpaired) electrons. The van der Waals surface area contributed by atoms with E-state index < -0.39 is 38.4 Å². The van der Waals surface area contributed by atoms with Gasteiger partial charge >= 0.3 is 6.09 Å². The Hall–Kier alpha value is -3.59. The number of likely N-dealkylation sites (tertiary alicyclic amines) is 1. The van der Waals surface area contributed by atoms with Crippen LogP contribution in [0.15, 0.2) is 59.8 Å². The lowest BCUT2D eigenvalue weighted by Gasteiger charge is -2.29. The standard InChI is InChI=1S/C31H31Cl2N5O5S/c1-19(2)27-35-13-14-37(27)22-7-8-25(24(33)15-22)44(41,42)23-16-26(43-29(40)36-30(18-34)9-10-30)38(17-23)28(39)31(11-12-31)20-3-5-21(32)6-4-20/h3-8,13-15,19,23,26H,9-12,16-17H2,1-2H3,(H,36,40)/t23-,26+/m1/s1. The summed E-state index contributed by atoms with van der Waals surface area (Å²) >= 11 is 12.7. The SMILES string of the molecule is CC(C)c1nccn1-c1ccc(S(=O)(=O)[C@@H]2C[C@H](OC(=O)NC3(C#N)CC3)N(C(=O)C3(c4ccc(Cl)cc4)CC3)C2)c(Cl)c1. The number of carbonyl (C=O) groups is 2. The molecule has 1 saturated heterocycles.